The van der Waals surface area contributed by atoms with E-state index in [1.54, 1.807) is 0 Å². The van der Waals surface area contributed by atoms with Gasteiger partial charge in [-0.3, -0.25) is 0 Å². The lowest BCUT2D eigenvalue weighted by atomic mass is 10.4. The van der Waals surface area contributed by atoms with Crippen molar-refractivity contribution in [3.05, 3.63) is 0 Å². The number of hydrogen-bond acceptors (Lipinski definition) is 2. The fourth-order valence-corrected chi connectivity index (χ4v) is 8.08. The minimum absolute atomic E-state index is 0.475. The summed E-state index contributed by atoms with van der Waals surface area (Å²) in [6, 6.07) is 0. The van der Waals surface area contributed by atoms with Gasteiger partial charge in [-0.05, 0) is 19.4 Å². The monoisotopic (exact) mass is 262 g/mol. The molecule has 0 aromatic rings. The topological polar surface area (TPSA) is 18.5 Å². The minimum atomic E-state index is -1.89. The Balaban J connectivity index is 3.83. The van der Waals surface area contributed by atoms with Crippen LogP contribution in [0.3, 0.4) is 0 Å². The first kappa shape index (κ1) is 16.2. The molecule has 0 radical (unpaired) electrons. The van der Waals surface area contributed by atoms with Crippen LogP contribution in [0.4, 0.5) is 0 Å². The van der Waals surface area contributed by atoms with Crippen molar-refractivity contribution in [2.45, 2.75) is 50.3 Å². The van der Waals surface area contributed by atoms with Gasteiger partial charge in [0.25, 0.3) is 0 Å². The number of rotatable bonds is 10. The molecule has 0 saturated heterocycles. The Bertz CT molecular complexity index is 139. The van der Waals surface area contributed by atoms with Crippen LogP contribution >= 0.6 is 9.07 Å². The molecule has 15 heavy (non-hydrogen) atoms. The maximum absolute atomic E-state index is 5.93. The molecule has 0 aromatic heterocycles. The molecule has 0 atom stereocenters. The fraction of sp³-hybridized carbons (Fsp3) is 1.00. The van der Waals surface area contributed by atoms with Crippen molar-refractivity contribution in [1.29, 1.82) is 0 Å². The van der Waals surface area contributed by atoms with Gasteiger partial charge in [0.1, 0.15) is 0 Å². The first-order valence-corrected chi connectivity index (χ1v) is 11.7. The van der Waals surface area contributed by atoms with Crippen molar-refractivity contribution in [2.75, 3.05) is 13.2 Å². The van der Waals surface area contributed by atoms with Gasteiger partial charge < -0.3 is 17.9 Å². The van der Waals surface area contributed by atoms with Crippen LogP contribution < -0.4 is 0 Å². The SMILES string of the molecule is CCCCO[Si](C)([CH2][Mg][Cl])OCCCC. The lowest BCUT2D eigenvalue weighted by Crippen LogP contribution is -2.40. The predicted molar refractivity (Wildman–Crippen MR) is 69.8 cm³/mol. The molecule has 0 unspecified atom stereocenters. The van der Waals surface area contributed by atoms with E-state index in [1.165, 1.54) is 12.8 Å². The van der Waals surface area contributed by atoms with Crippen molar-refractivity contribution < 1.29 is 8.85 Å². The molecule has 0 spiro atoms. The number of halogens is 1. The minimum Gasteiger partial charge on any atom is -0.396 e. The average molecular weight is 263 g/mol. The Hall–Kier alpha value is 1.19. The molecule has 0 aliphatic heterocycles. The summed E-state index contributed by atoms with van der Waals surface area (Å²) in [5, 5.41) is 0. The highest BCUT2D eigenvalue weighted by atomic mass is 35.5. The molecular formula is C10H23ClMgO2Si. The van der Waals surface area contributed by atoms with Crippen molar-refractivity contribution in [3.8, 4) is 0 Å². The molecule has 0 aliphatic rings. The maximum atomic E-state index is 5.93. The maximum Gasteiger partial charge on any atom is 0.502 e. The van der Waals surface area contributed by atoms with Crippen LogP contribution in [0.15, 0.2) is 0 Å². The van der Waals surface area contributed by atoms with E-state index in [9.17, 15) is 0 Å². The summed E-state index contributed by atoms with van der Waals surface area (Å²) in [7, 11) is 4.03. The van der Waals surface area contributed by atoms with Crippen molar-refractivity contribution in [2.24, 2.45) is 0 Å². The molecule has 0 bridgehead atoms. The molecule has 5 heteroatoms. The van der Waals surface area contributed by atoms with Gasteiger partial charge in [0.15, 0.2) is 0 Å². The molecule has 2 nitrogen and oxygen atoms in total. The zero-order chi connectivity index (χ0) is 11.6. The highest BCUT2D eigenvalue weighted by Crippen LogP contribution is 2.15. The normalized spacial score (nSPS) is 11.5. The van der Waals surface area contributed by atoms with E-state index < -0.39 is 27.8 Å². The van der Waals surface area contributed by atoms with Gasteiger partial charge in [0.05, 0.1) is 0 Å². The molecule has 0 aromatic carbocycles. The van der Waals surface area contributed by atoms with Crippen molar-refractivity contribution >= 4 is 36.9 Å². The highest BCUT2D eigenvalue weighted by molar-refractivity contribution is 6.99. The van der Waals surface area contributed by atoms with Gasteiger partial charge in [-0.2, -0.15) is 0 Å². The summed E-state index contributed by atoms with van der Waals surface area (Å²) < 4.78 is 12.9. The van der Waals surface area contributed by atoms with E-state index in [4.69, 9.17) is 17.9 Å². The molecule has 0 N–H and O–H groups in total. The summed E-state index contributed by atoms with van der Waals surface area (Å²) in [6.45, 7) is 8.20. The van der Waals surface area contributed by atoms with Gasteiger partial charge in [0.2, 0.25) is 0 Å². The third-order valence-corrected chi connectivity index (χ3v) is 10.1. The van der Waals surface area contributed by atoms with E-state index in [-0.39, 0.29) is 0 Å². The smallest absolute Gasteiger partial charge is 0.396 e. The molecular weight excluding hydrogens is 240 g/mol. The van der Waals surface area contributed by atoms with E-state index >= 15 is 0 Å². The summed E-state index contributed by atoms with van der Waals surface area (Å²) >= 11 is -0.475. The highest BCUT2D eigenvalue weighted by Gasteiger charge is 2.30. The van der Waals surface area contributed by atoms with Crippen LogP contribution in [0, 0.1) is 0 Å². The van der Waals surface area contributed by atoms with E-state index in [2.05, 4.69) is 20.4 Å². The summed E-state index contributed by atoms with van der Waals surface area (Å²) in [4.78, 5) is 0. The zero-order valence-electron chi connectivity index (χ0n) is 10.4. The third kappa shape index (κ3) is 8.95. The lowest BCUT2D eigenvalue weighted by molar-refractivity contribution is 0.173. The standard InChI is InChI=1S/C10H23O2Si.ClH.Mg/c1-5-7-9-11-13(3,4)12-10-8-6-2;;/h3,5-10H2,1-2,4H3;1H;/q;;+1/p-1. The average Bonchev–Trinajstić information content (AvgIpc) is 2.19. The Morgan fingerprint density at radius 2 is 1.53 bits per heavy atom. The molecule has 0 aliphatic carbocycles. The molecule has 0 heterocycles. The van der Waals surface area contributed by atoms with Crippen LogP contribution in [0.2, 0.25) is 10.7 Å². The number of hydrogen-bond donors (Lipinski definition) is 0. The van der Waals surface area contributed by atoms with E-state index in [0.29, 0.717) is 0 Å². The van der Waals surface area contributed by atoms with Crippen LogP contribution in [0.25, 0.3) is 0 Å². The Labute approximate surface area is 109 Å². The zero-order valence-corrected chi connectivity index (χ0v) is 13.5. The Morgan fingerprint density at radius 1 is 1.07 bits per heavy atom. The van der Waals surface area contributed by atoms with Crippen LogP contribution in [0.5, 0.6) is 0 Å². The quantitative estimate of drug-likeness (QED) is 0.443. The molecule has 88 valence electrons. The van der Waals surface area contributed by atoms with Gasteiger partial charge in [0, 0.05) is 13.2 Å². The summed E-state index contributed by atoms with van der Waals surface area (Å²) in [5.41, 5.74) is 0. The van der Waals surface area contributed by atoms with Crippen LogP contribution in [0.1, 0.15) is 39.5 Å². The van der Waals surface area contributed by atoms with Crippen molar-refractivity contribution in [1.82, 2.24) is 0 Å². The van der Waals surface area contributed by atoms with Gasteiger partial charge >= 0.3 is 27.8 Å². The molecule has 0 saturated carbocycles. The predicted octanol–water partition coefficient (Wildman–Crippen LogP) is 3.51. The number of unbranched alkanes of at least 4 members (excludes halogenated alkanes) is 2. The molecule has 0 rings (SSSR count). The fourth-order valence-electron chi connectivity index (χ4n) is 1.22. The van der Waals surface area contributed by atoms with Gasteiger partial charge in [-0.25, -0.2) is 0 Å². The van der Waals surface area contributed by atoms with Gasteiger partial charge in [-0.1, -0.05) is 30.9 Å². The second kappa shape index (κ2) is 10.4. The van der Waals surface area contributed by atoms with Crippen molar-refractivity contribution in [3.63, 3.8) is 0 Å². The van der Waals surface area contributed by atoms with E-state index in [0.717, 1.165) is 30.2 Å². The summed E-state index contributed by atoms with van der Waals surface area (Å²) in [5.74, 6) is 0. The Morgan fingerprint density at radius 3 is 1.87 bits per heavy atom. The molecule has 0 amide bonds. The first-order valence-electron chi connectivity index (χ1n) is 6.02. The van der Waals surface area contributed by atoms with Gasteiger partial charge in [-0.15, -0.1) is 0 Å². The lowest BCUT2D eigenvalue weighted by Gasteiger charge is -2.27. The Kier molecular flexibility index (Phi) is 11.2. The third-order valence-electron chi connectivity index (χ3n) is 2.36. The molecule has 0 fully saturated rings. The second-order valence-corrected chi connectivity index (χ2v) is 10.3. The largest absolute Gasteiger partial charge is 0.502 e. The van der Waals surface area contributed by atoms with Crippen LogP contribution in [-0.4, -0.2) is 41.0 Å². The van der Waals surface area contributed by atoms with E-state index in [1.807, 2.05) is 0 Å². The van der Waals surface area contributed by atoms with Crippen LogP contribution in [-0.2, 0) is 8.85 Å². The summed E-state index contributed by atoms with van der Waals surface area (Å²) in [6.07, 6.45) is 4.61. The first-order chi connectivity index (χ1) is 7.18. The second-order valence-electron chi connectivity index (χ2n) is 3.98.